The van der Waals surface area contributed by atoms with Gasteiger partial charge < -0.3 is 4.42 Å². The molecule has 1 rings (SSSR count). The first-order valence-corrected chi connectivity index (χ1v) is 4.68. The van der Waals surface area contributed by atoms with Gasteiger partial charge >= 0.3 is 0 Å². The molecule has 0 amide bonds. The maximum Gasteiger partial charge on any atom is 0.166 e. The summed E-state index contributed by atoms with van der Waals surface area (Å²) in [5.41, 5.74) is 0.707. The third-order valence-electron chi connectivity index (χ3n) is 2.00. The number of furan rings is 1. The van der Waals surface area contributed by atoms with Crippen LogP contribution in [0.15, 0.2) is 16.7 Å². The van der Waals surface area contributed by atoms with Gasteiger partial charge in [0, 0.05) is 6.42 Å². The average molecular weight is 180 g/mol. The standard InChI is InChI=1S/C11H16O2/c1-8(2)4-5-11(12)10-6-9(3)13-7-10/h6-8H,4-5H2,1-3H3. The van der Waals surface area contributed by atoms with Gasteiger partial charge in [0.2, 0.25) is 0 Å². The van der Waals surface area contributed by atoms with E-state index < -0.39 is 0 Å². The molecule has 1 aromatic rings. The van der Waals surface area contributed by atoms with Crippen molar-refractivity contribution in [1.82, 2.24) is 0 Å². The van der Waals surface area contributed by atoms with Crippen molar-refractivity contribution in [3.63, 3.8) is 0 Å². The van der Waals surface area contributed by atoms with E-state index in [1.807, 2.05) is 6.92 Å². The summed E-state index contributed by atoms with van der Waals surface area (Å²) in [5, 5.41) is 0. The van der Waals surface area contributed by atoms with E-state index in [0.29, 0.717) is 17.9 Å². The van der Waals surface area contributed by atoms with Crippen LogP contribution in [0.5, 0.6) is 0 Å². The fourth-order valence-electron chi connectivity index (χ4n) is 1.15. The summed E-state index contributed by atoms with van der Waals surface area (Å²) in [5.74, 6) is 1.57. The number of carbonyl (C=O) groups is 1. The highest BCUT2D eigenvalue weighted by atomic mass is 16.3. The van der Waals surface area contributed by atoms with Gasteiger partial charge in [0.25, 0.3) is 0 Å². The molecule has 2 nitrogen and oxygen atoms in total. The number of hydrogen-bond donors (Lipinski definition) is 0. The molecule has 0 radical (unpaired) electrons. The van der Waals surface area contributed by atoms with Crippen LogP contribution in [0.2, 0.25) is 0 Å². The Morgan fingerprint density at radius 2 is 2.23 bits per heavy atom. The summed E-state index contributed by atoms with van der Waals surface area (Å²) < 4.78 is 5.07. The minimum Gasteiger partial charge on any atom is -0.469 e. The van der Waals surface area contributed by atoms with E-state index in [1.54, 1.807) is 6.07 Å². The van der Waals surface area contributed by atoms with Crippen LogP contribution in [0.1, 0.15) is 42.8 Å². The molecule has 13 heavy (non-hydrogen) atoms. The first kappa shape index (κ1) is 10.0. The van der Waals surface area contributed by atoms with E-state index in [0.717, 1.165) is 12.2 Å². The Morgan fingerprint density at radius 3 is 2.69 bits per heavy atom. The first-order valence-electron chi connectivity index (χ1n) is 4.68. The Bertz CT molecular complexity index is 284. The lowest BCUT2D eigenvalue weighted by Crippen LogP contribution is -1.99. The molecule has 0 saturated heterocycles. The molecule has 0 unspecified atom stereocenters. The molecule has 0 fully saturated rings. The Labute approximate surface area is 78.9 Å². The van der Waals surface area contributed by atoms with Gasteiger partial charge in [0.05, 0.1) is 5.56 Å². The van der Waals surface area contributed by atoms with Gasteiger partial charge in [-0.3, -0.25) is 4.79 Å². The van der Waals surface area contributed by atoms with E-state index in [4.69, 9.17) is 4.42 Å². The second-order valence-corrected chi connectivity index (χ2v) is 3.80. The van der Waals surface area contributed by atoms with E-state index in [9.17, 15) is 4.79 Å². The fourth-order valence-corrected chi connectivity index (χ4v) is 1.15. The molecule has 0 aliphatic rings. The van der Waals surface area contributed by atoms with Gasteiger partial charge in [0.15, 0.2) is 5.78 Å². The summed E-state index contributed by atoms with van der Waals surface area (Å²) in [6.07, 6.45) is 3.11. The van der Waals surface area contributed by atoms with Crippen molar-refractivity contribution in [2.45, 2.75) is 33.6 Å². The molecule has 0 bridgehead atoms. The summed E-state index contributed by atoms with van der Waals surface area (Å²) >= 11 is 0. The van der Waals surface area contributed by atoms with Crippen molar-refractivity contribution in [2.75, 3.05) is 0 Å². The molecule has 1 aromatic heterocycles. The van der Waals surface area contributed by atoms with Crippen LogP contribution in [0, 0.1) is 12.8 Å². The van der Waals surface area contributed by atoms with Gasteiger partial charge in [-0.15, -0.1) is 0 Å². The molecule has 72 valence electrons. The Morgan fingerprint density at radius 1 is 1.54 bits per heavy atom. The van der Waals surface area contributed by atoms with Crippen LogP contribution >= 0.6 is 0 Å². The molecule has 0 spiro atoms. The zero-order valence-electron chi connectivity index (χ0n) is 8.46. The summed E-state index contributed by atoms with van der Waals surface area (Å²) in [7, 11) is 0. The van der Waals surface area contributed by atoms with Crippen LogP contribution in [0.4, 0.5) is 0 Å². The molecule has 0 aliphatic carbocycles. The van der Waals surface area contributed by atoms with Crippen molar-refractivity contribution in [3.05, 3.63) is 23.7 Å². The number of Topliss-reactive ketones (excluding diaryl/α,β-unsaturated/α-hetero) is 1. The molecule has 2 heteroatoms. The number of rotatable bonds is 4. The normalized spacial score (nSPS) is 10.8. The van der Waals surface area contributed by atoms with Crippen LogP contribution < -0.4 is 0 Å². The van der Waals surface area contributed by atoms with Gasteiger partial charge in [-0.2, -0.15) is 0 Å². The highest BCUT2D eigenvalue weighted by Crippen LogP contribution is 2.12. The summed E-state index contributed by atoms with van der Waals surface area (Å²) in [6, 6.07) is 1.79. The highest BCUT2D eigenvalue weighted by Gasteiger charge is 2.08. The third-order valence-corrected chi connectivity index (χ3v) is 2.00. The van der Waals surface area contributed by atoms with Crippen molar-refractivity contribution < 1.29 is 9.21 Å². The predicted molar refractivity (Wildman–Crippen MR) is 51.8 cm³/mol. The lowest BCUT2D eigenvalue weighted by atomic mass is 10.0. The SMILES string of the molecule is Cc1cc(C(=O)CCC(C)C)co1. The maximum absolute atomic E-state index is 11.5. The van der Waals surface area contributed by atoms with E-state index in [-0.39, 0.29) is 5.78 Å². The fraction of sp³-hybridized carbons (Fsp3) is 0.545. The van der Waals surface area contributed by atoms with Crippen LogP contribution in [-0.4, -0.2) is 5.78 Å². The minimum absolute atomic E-state index is 0.186. The second-order valence-electron chi connectivity index (χ2n) is 3.80. The minimum atomic E-state index is 0.186. The zero-order chi connectivity index (χ0) is 9.84. The topological polar surface area (TPSA) is 30.2 Å². The van der Waals surface area contributed by atoms with Gasteiger partial charge in [0.1, 0.15) is 12.0 Å². The van der Waals surface area contributed by atoms with Crippen molar-refractivity contribution >= 4 is 5.78 Å². The zero-order valence-corrected chi connectivity index (χ0v) is 8.46. The number of hydrogen-bond acceptors (Lipinski definition) is 2. The Balaban J connectivity index is 2.49. The number of carbonyl (C=O) groups excluding carboxylic acids is 1. The van der Waals surface area contributed by atoms with Gasteiger partial charge in [-0.1, -0.05) is 13.8 Å². The highest BCUT2D eigenvalue weighted by molar-refractivity contribution is 5.95. The molecule has 0 aliphatic heterocycles. The maximum atomic E-state index is 11.5. The molecular formula is C11H16O2. The molecule has 0 aromatic carbocycles. The summed E-state index contributed by atoms with van der Waals surface area (Å²) in [4.78, 5) is 11.5. The molecule has 0 saturated carbocycles. The largest absolute Gasteiger partial charge is 0.469 e. The van der Waals surface area contributed by atoms with Gasteiger partial charge in [-0.05, 0) is 25.3 Å². The molecular weight excluding hydrogens is 164 g/mol. The predicted octanol–water partition coefficient (Wildman–Crippen LogP) is 3.21. The third kappa shape index (κ3) is 3.05. The van der Waals surface area contributed by atoms with Crippen LogP contribution in [-0.2, 0) is 0 Å². The summed E-state index contributed by atoms with van der Waals surface area (Å²) in [6.45, 7) is 6.08. The van der Waals surface area contributed by atoms with E-state index in [2.05, 4.69) is 13.8 Å². The lowest BCUT2D eigenvalue weighted by Gasteiger charge is -2.01. The monoisotopic (exact) mass is 180 g/mol. The molecule has 0 N–H and O–H groups in total. The Hall–Kier alpha value is -1.05. The van der Waals surface area contributed by atoms with E-state index >= 15 is 0 Å². The first-order chi connectivity index (χ1) is 6.09. The van der Waals surface area contributed by atoms with Crippen LogP contribution in [0.25, 0.3) is 0 Å². The van der Waals surface area contributed by atoms with E-state index in [1.165, 1.54) is 6.26 Å². The van der Waals surface area contributed by atoms with Crippen molar-refractivity contribution in [1.29, 1.82) is 0 Å². The van der Waals surface area contributed by atoms with Crippen LogP contribution in [0.3, 0.4) is 0 Å². The quantitative estimate of drug-likeness (QED) is 0.666. The average Bonchev–Trinajstić information content (AvgIpc) is 2.47. The lowest BCUT2D eigenvalue weighted by molar-refractivity contribution is 0.0975. The number of ketones is 1. The molecule has 0 atom stereocenters. The second kappa shape index (κ2) is 4.26. The van der Waals surface area contributed by atoms with Crippen molar-refractivity contribution in [3.8, 4) is 0 Å². The van der Waals surface area contributed by atoms with Gasteiger partial charge in [-0.25, -0.2) is 0 Å². The Kier molecular flexibility index (Phi) is 3.29. The smallest absolute Gasteiger partial charge is 0.166 e. The molecule has 1 heterocycles. The van der Waals surface area contributed by atoms with Crippen molar-refractivity contribution in [2.24, 2.45) is 5.92 Å². The number of aryl methyl sites for hydroxylation is 1.